The Balaban J connectivity index is 2.03. The Morgan fingerprint density at radius 3 is 2.68 bits per heavy atom. The zero-order valence-corrected chi connectivity index (χ0v) is 13.7. The van der Waals surface area contributed by atoms with Crippen molar-refractivity contribution in [2.24, 2.45) is 0 Å². The summed E-state index contributed by atoms with van der Waals surface area (Å²) in [4.78, 5) is 4.69. The van der Waals surface area contributed by atoms with Crippen molar-refractivity contribution >= 4 is 10.0 Å². The van der Waals surface area contributed by atoms with Gasteiger partial charge >= 0.3 is 0 Å². The first kappa shape index (κ1) is 15.2. The minimum Gasteiger partial charge on any atom is -0.360 e. The van der Waals surface area contributed by atoms with E-state index in [2.05, 4.69) is 10.1 Å². The minimum absolute atomic E-state index is 0.187. The van der Waals surface area contributed by atoms with Crippen molar-refractivity contribution in [3.05, 3.63) is 41.0 Å². The first-order valence-corrected chi connectivity index (χ1v) is 8.73. The lowest BCUT2D eigenvalue weighted by atomic mass is 10.1. The number of hydrogen-bond acceptors (Lipinski definition) is 5. The van der Waals surface area contributed by atoms with Gasteiger partial charge in [-0.15, -0.1) is 0 Å². The average Bonchev–Trinajstić information content (AvgIpc) is 3.06. The van der Waals surface area contributed by atoms with Crippen molar-refractivity contribution in [2.45, 2.75) is 44.6 Å². The Bertz CT molecular complexity index is 779. The van der Waals surface area contributed by atoms with Gasteiger partial charge in [0.05, 0.1) is 11.7 Å². The summed E-state index contributed by atoms with van der Waals surface area (Å²) in [6, 6.07) is 5.49. The highest BCUT2D eigenvalue weighted by molar-refractivity contribution is 7.89. The predicted molar refractivity (Wildman–Crippen MR) is 80.8 cm³/mol. The van der Waals surface area contributed by atoms with Crippen LogP contribution in [-0.4, -0.2) is 29.4 Å². The van der Waals surface area contributed by atoms with Crippen molar-refractivity contribution in [2.75, 3.05) is 6.54 Å². The Labute approximate surface area is 130 Å². The second-order valence-electron chi connectivity index (χ2n) is 5.63. The Morgan fingerprint density at radius 1 is 1.27 bits per heavy atom. The van der Waals surface area contributed by atoms with Crippen LogP contribution in [0.3, 0.4) is 0 Å². The van der Waals surface area contributed by atoms with Gasteiger partial charge in [0, 0.05) is 12.2 Å². The number of sulfonamides is 1. The zero-order chi connectivity index (χ0) is 15.9. The van der Waals surface area contributed by atoms with E-state index in [0.717, 1.165) is 24.2 Å². The molecule has 0 unspecified atom stereocenters. The van der Waals surface area contributed by atoms with Crippen LogP contribution in [0.1, 0.15) is 41.7 Å². The molecule has 0 aliphatic carbocycles. The topological polar surface area (TPSA) is 76.3 Å². The molecule has 3 heterocycles. The standard InChI is InChI=1S/C15H19N3O3S/c1-10-6-4-7-13(16-10)14-8-5-9-18(14)22(19,20)15-11(2)17-21-12(15)3/h4,6-7,14H,5,8-9H2,1-3H3/t14-/m0/s1. The first-order valence-electron chi connectivity index (χ1n) is 7.29. The summed E-state index contributed by atoms with van der Waals surface area (Å²) in [7, 11) is -3.63. The Morgan fingerprint density at radius 2 is 2.05 bits per heavy atom. The molecule has 2 aromatic rings. The van der Waals surface area contributed by atoms with Gasteiger partial charge in [0.2, 0.25) is 10.0 Å². The summed E-state index contributed by atoms with van der Waals surface area (Å²) in [5.74, 6) is 0.334. The molecule has 0 bridgehead atoms. The number of aryl methyl sites for hydroxylation is 3. The number of rotatable bonds is 3. The third-order valence-electron chi connectivity index (χ3n) is 3.99. The molecule has 1 aliphatic rings. The van der Waals surface area contributed by atoms with Crippen LogP contribution in [0.25, 0.3) is 0 Å². The molecule has 1 saturated heterocycles. The van der Waals surface area contributed by atoms with E-state index in [-0.39, 0.29) is 10.9 Å². The number of hydrogen-bond donors (Lipinski definition) is 0. The molecule has 2 aromatic heterocycles. The molecule has 3 rings (SSSR count). The lowest BCUT2D eigenvalue weighted by Crippen LogP contribution is -2.31. The van der Waals surface area contributed by atoms with E-state index < -0.39 is 10.0 Å². The van der Waals surface area contributed by atoms with Gasteiger partial charge in [0.15, 0.2) is 5.76 Å². The van der Waals surface area contributed by atoms with Crippen molar-refractivity contribution in [1.29, 1.82) is 0 Å². The molecular weight excluding hydrogens is 302 g/mol. The average molecular weight is 321 g/mol. The van der Waals surface area contributed by atoms with Crippen LogP contribution in [-0.2, 0) is 10.0 Å². The van der Waals surface area contributed by atoms with Crippen LogP contribution in [0, 0.1) is 20.8 Å². The molecule has 22 heavy (non-hydrogen) atoms. The second kappa shape index (κ2) is 5.48. The largest absolute Gasteiger partial charge is 0.360 e. The lowest BCUT2D eigenvalue weighted by molar-refractivity contribution is 0.381. The van der Waals surface area contributed by atoms with Crippen molar-refractivity contribution in [3.63, 3.8) is 0 Å². The minimum atomic E-state index is -3.63. The van der Waals surface area contributed by atoms with E-state index in [1.807, 2.05) is 25.1 Å². The maximum absolute atomic E-state index is 13.0. The molecule has 0 saturated carbocycles. The summed E-state index contributed by atoms with van der Waals surface area (Å²) in [6.07, 6.45) is 1.60. The summed E-state index contributed by atoms with van der Waals surface area (Å²) in [6.45, 7) is 5.68. The van der Waals surface area contributed by atoms with Crippen LogP contribution < -0.4 is 0 Å². The van der Waals surface area contributed by atoms with E-state index in [0.29, 0.717) is 18.0 Å². The maximum atomic E-state index is 13.0. The van der Waals surface area contributed by atoms with Crippen LogP contribution in [0.2, 0.25) is 0 Å². The summed E-state index contributed by atoms with van der Waals surface area (Å²) < 4.78 is 32.6. The molecule has 0 spiro atoms. The van der Waals surface area contributed by atoms with E-state index in [9.17, 15) is 8.42 Å². The number of aromatic nitrogens is 2. The molecule has 1 atom stereocenters. The Hall–Kier alpha value is -1.73. The highest BCUT2D eigenvalue weighted by Crippen LogP contribution is 2.37. The van der Waals surface area contributed by atoms with Gasteiger partial charge in [0.25, 0.3) is 0 Å². The molecule has 0 radical (unpaired) electrons. The van der Waals surface area contributed by atoms with Crippen molar-refractivity contribution < 1.29 is 12.9 Å². The quantitative estimate of drug-likeness (QED) is 0.868. The molecule has 0 aromatic carbocycles. The molecule has 6 nitrogen and oxygen atoms in total. The molecular formula is C15H19N3O3S. The summed E-state index contributed by atoms with van der Waals surface area (Å²) in [5.41, 5.74) is 2.09. The van der Waals surface area contributed by atoms with Gasteiger partial charge in [0.1, 0.15) is 10.6 Å². The van der Waals surface area contributed by atoms with Crippen LogP contribution in [0.4, 0.5) is 0 Å². The van der Waals surface area contributed by atoms with Gasteiger partial charge in [-0.05, 0) is 45.7 Å². The normalized spacial score (nSPS) is 19.7. The third kappa shape index (κ3) is 2.44. The van der Waals surface area contributed by atoms with Gasteiger partial charge < -0.3 is 4.52 Å². The highest BCUT2D eigenvalue weighted by Gasteiger charge is 2.39. The smallest absolute Gasteiger partial charge is 0.249 e. The fraction of sp³-hybridized carbons (Fsp3) is 0.467. The van der Waals surface area contributed by atoms with Gasteiger partial charge in [-0.25, -0.2) is 8.42 Å². The lowest BCUT2D eigenvalue weighted by Gasteiger charge is -2.23. The summed E-state index contributed by atoms with van der Waals surface area (Å²) in [5, 5.41) is 3.77. The SMILES string of the molecule is Cc1cccc([C@@H]2CCCN2S(=O)(=O)c2c(C)noc2C)n1. The van der Waals surface area contributed by atoms with Crippen LogP contribution >= 0.6 is 0 Å². The van der Waals surface area contributed by atoms with E-state index in [1.54, 1.807) is 13.8 Å². The summed E-state index contributed by atoms with van der Waals surface area (Å²) >= 11 is 0. The fourth-order valence-electron chi connectivity index (χ4n) is 3.03. The number of nitrogens with zero attached hydrogens (tertiary/aromatic N) is 3. The van der Waals surface area contributed by atoms with Crippen LogP contribution in [0.5, 0.6) is 0 Å². The molecule has 7 heteroatoms. The van der Waals surface area contributed by atoms with Gasteiger partial charge in [-0.3, -0.25) is 4.98 Å². The zero-order valence-electron chi connectivity index (χ0n) is 12.9. The maximum Gasteiger partial charge on any atom is 0.249 e. The third-order valence-corrected chi connectivity index (χ3v) is 6.14. The first-order chi connectivity index (χ1) is 10.4. The van der Waals surface area contributed by atoms with Crippen molar-refractivity contribution in [3.8, 4) is 0 Å². The van der Waals surface area contributed by atoms with Crippen molar-refractivity contribution in [1.82, 2.24) is 14.4 Å². The fourth-order valence-corrected chi connectivity index (χ4v) is 5.00. The molecule has 1 aliphatic heterocycles. The Kier molecular flexibility index (Phi) is 3.78. The highest BCUT2D eigenvalue weighted by atomic mass is 32.2. The molecule has 0 N–H and O–H groups in total. The van der Waals surface area contributed by atoms with Crippen LogP contribution in [0.15, 0.2) is 27.6 Å². The van der Waals surface area contributed by atoms with Gasteiger partial charge in [-0.2, -0.15) is 4.31 Å². The molecule has 0 amide bonds. The van der Waals surface area contributed by atoms with E-state index >= 15 is 0 Å². The molecule has 118 valence electrons. The van der Waals surface area contributed by atoms with E-state index in [1.165, 1.54) is 4.31 Å². The van der Waals surface area contributed by atoms with Gasteiger partial charge in [-0.1, -0.05) is 11.2 Å². The predicted octanol–water partition coefficient (Wildman–Crippen LogP) is 2.52. The monoisotopic (exact) mass is 321 g/mol. The number of pyridine rings is 1. The van der Waals surface area contributed by atoms with E-state index in [4.69, 9.17) is 4.52 Å². The second-order valence-corrected chi connectivity index (χ2v) is 7.46. The molecule has 1 fully saturated rings.